The highest BCUT2D eigenvalue weighted by molar-refractivity contribution is 5.59. The summed E-state index contributed by atoms with van der Waals surface area (Å²) in [7, 11) is 3.11. The van der Waals surface area contributed by atoms with E-state index in [4.69, 9.17) is 24.7 Å². The third kappa shape index (κ3) is 4.16. The van der Waals surface area contributed by atoms with Crippen molar-refractivity contribution in [2.75, 3.05) is 20.8 Å². The number of methoxy groups -OCH3 is 2. The maximum Gasteiger partial charge on any atom is 0.258 e. The molecule has 4 rings (SSSR count). The van der Waals surface area contributed by atoms with Crippen molar-refractivity contribution in [1.29, 1.82) is 5.26 Å². The van der Waals surface area contributed by atoms with E-state index in [1.54, 1.807) is 37.0 Å². The molecule has 0 aliphatic carbocycles. The number of nitriles is 1. The highest BCUT2D eigenvalue weighted by Crippen LogP contribution is 2.44. The van der Waals surface area contributed by atoms with E-state index in [-0.39, 0.29) is 23.1 Å². The number of benzene rings is 1. The van der Waals surface area contributed by atoms with E-state index in [0.29, 0.717) is 47.9 Å². The van der Waals surface area contributed by atoms with Crippen LogP contribution in [0.3, 0.4) is 0 Å². The standard InChI is InChI=1S/C25H29N3O5/c1-4-6-15-11-21-23(25(29)28(15)14-17-7-5-10-32-17)22(19(13-26)24(27)33-21)18-12-16(30-2)8-9-20(18)31-3/h8-9,11-12,17,22H,4-7,10,14,27H2,1-3H3. The molecule has 2 unspecified atom stereocenters. The number of nitrogens with two attached hydrogens (primary N) is 1. The predicted octanol–water partition coefficient (Wildman–Crippen LogP) is 3.22. The molecule has 2 atom stereocenters. The largest absolute Gasteiger partial charge is 0.497 e. The van der Waals surface area contributed by atoms with Crippen LogP contribution >= 0.6 is 0 Å². The van der Waals surface area contributed by atoms with Crippen LogP contribution in [0.25, 0.3) is 0 Å². The van der Waals surface area contributed by atoms with Crippen molar-refractivity contribution < 1.29 is 18.9 Å². The van der Waals surface area contributed by atoms with Gasteiger partial charge in [-0.15, -0.1) is 0 Å². The Morgan fingerprint density at radius 1 is 1.27 bits per heavy atom. The van der Waals surface area contributed by atoms with E-state index in [1.165, 1.54) is 0 Å². The summed E-state index contributed by atoms with van der Waals surface area (Å²) in [6.07, 6.45) is 3.46. The fourth-order valence-corrected chi connectivity index (χ4v) is 4.65. The van der Waals surface area contributed by atoms with Gasteiger partial charge in [0.05, 0.1) is 38.3 Å². The van der Waals surface area contributed by atoms with Gasteiger partial charge in [0.25, 0.3) is 5.56 Å². The van der Waals surface area contributed by atoms with Gasteiger partial charge in [-0.25, -0.2) is 0 Å². The monoisotopic (exact) mass is 451 g/mol. The van der Waals surface area contributed by atoms with Gasteiger partial charge in [0, 0.05) is 23.9 Å². The highest BCUT2D eigenvalue weighted by atomic mass is 16.5. The lowest BCUT2D eigenvalue weighted by molar-refractivity contribution is 0.0952. The second-order valence-corrected chi connectivity index (χ2v) is 8.25. The van der Waals surface area contributed by atoms with Gasteiger partial charge in [-0.2, -0.15) is 5.26 Å². The van der Waals surface area contributed by atoms with Gasteiger partial charge in [0.15, 0.2) is 0 Å². The number of aryl methyl sites for hydroxylation is 1. The average molecular weight is 452 g/mol. The molecule has 1 aromatic heterocycles. The Balaban J connectivity index is 1.96. The van der Waals surface area contributed by atoms with Gasteiger partial charge >= 0.3 is 0 Å². The molecule has 2 aliphatic heterocycles. The molecule has 0 amide bonds. The molecule has 0 bridgehead atoms. The topological polar surface area (TPSA) is 109 Å². The zero-order valence-electron chi connectivity index (χ0n) is 19.2. The van der Waals surface area contributed by atoms with Crippen LogP contribution in [-0.2, 0) is 17.7 Å². The van der Waals surface area contributed by atoms with Crippen molar-refractivity contribution in [2.24, 2.45) is 5.73 Å². The SMILES string of the molecule is CCCc1cc2c(c(=O)n1CC1CCCO1)C(c1cc(OC)ccc1OC)C(C#N)=C(N)O2. The molecule has 3 heterocycles. The van der Waals surface area contributed by atoms with E-state index in [0.717, 1.165) is 25.0 Å². The summed E-state index contributed by atoms with van der Waals surface area (Å²) >= 11 is 0. The fraction of sp³-hybridized carbons (Fsp3) is 0.440. The zero-order valence-corrected chi connectivity index (χ0v) is 19.2. The minimum Gasteiger partial charge on any atom is -0.497 e. The molecule has 2 aliphatic rings. The Morgan fingerprint density at radius 3 is 2.73 bits per heavy atom. The first-order valence-corrected chi connectivity index (χ1v) is 11.2. The average Bonchev–Trinajstić information content (AvgIpc) is 3.33. The molecule has 1 fully saturated rings. The van der Waals surface area contributed by atoms with E-state index < -0.39 is 5.92 Å². The predicted molar refractivity (Wildman–Crippen MR) is 123 cm³/mol. The van der Waals surface area contributed by atoms with Crippen molar-refractivity contribution in [3.8, 4) is 23.3 Å². The van der Waals surface area contributed by atoms with Gasteiger partial charge < -0.3 is 29.2 Å². The summed E-state index contributed by atoms with van der Waals surface area (Å²) in [6, 6.07) is 9.31. The summed E-state index contributed by atoms with van der Waals surface area (Å²) in [4.78, 5) is 14.0. The molecule has 2 N–H and O–H groups in total. The number of rotatable bonds is 7. The Morgan fingerprint density at radius 2 is 2.09 bits per heavy atom. The molecular weight excluding hydrogens is 422 g/mol. The minimum atomic E-state index is -0.747. The Labute approximate surface area is 193 Å². The van der Waals surface area contributed by atoms with Gasteiger partial charge in [-0.1, -0.05) is 13.3 Å². The van der Waals surface area contributed by atoms with E-state index in [1.807, 2.05) is 6.07 Å². The van der Waals surface area contributed by atoms with Gasteiger partial charge in [0.2, 0.25) is 5.88 Å². The second-order valence-electron chi connectivity index (χ2n) is 8.25. The quantitative estimate of drug-likeness (QED) is 0.688. The first-order valence-electron chi connectivity index (χ1n) is 11.2. The number of pyridine rings is 1. The molecular formula is C25H29N3O5. The van der Waals surface area contributed by atoms with Gasteiger partial charge in [-0.3, -0.25) is 4.79 Å². The second kappa shape index (κ2) is 9.59. The summed E-state index contributed by atoms with van der Waals surface area (Å²) in [5.41, 5.74) is 7.97. The number of allylic oxidation sites excluding steroid dienone is 1. The number of nitrogens with zero attached hydrogens (tertiary/aromatic N) is 2. The van der Waals surface area contributed by atoms with Crippen molar-refractivity contribution in [3.05, 3.63) is 62.9 Å². The van der Waals surface area contributed by atoms with E-state index in [2.05, 4.69) is 13.0 Å². The van der Waals surface area contributed by atoms with Gasteiger partial charge in [0.1, 0.15) is 28.9 Å². The summed E-state index contributed by atoms with van der Waals surface area (Å²) in [6.45, 7) is 3.23. The maximum absolute atomic E-state index is 14.0. The van der Waals surface area contributed by atoms with Crippen molar-refractivity contribution >= 4 is 0 Å². The Bertz CT molecular complexity index is 1170. The molecule has 1 aromatic carbocycles. The van der Waals surface area contributed by atoms with Crippen LogP contribution in [0.4, 0.5) is 0 Å². The van der Waals surface area contributed by atoms with Crippen LogP contribution in [0.5, 0.6) is 17.2 Å². The van der Waals surface area contributed by atoms with E-state index >= 15 is 0 Å². The van der Waals surface area contributed by atoms with Crippen LogP contribution in [0.2, 0.25) is 0 Å². The normalized spacial score (nSPS) is 19.6. The molecule has 0 saturated carbocycles. The fourth-order valence-electron chi connectivity index (χ4n) is 4.65. The summed E-state index contributed by atoms with van der Waals surface area (Å²) < 4.78 is 24.4. The lowest BCUT2D eigenvalue weighted by atomic mass is 9.83. The Hall–Kier alpha value is -3.44. The molecule has 0 spiro atoms. The number of ether oxygens (including phenoxy) is 4. The molecule has 8 heteroatoms. The molecule has 8 nitrogen and oxygen atoms in total. The third-order valence-corrected chi connectivity index (χ3v) is 6.23. The smallest absolute Gasteiger partial charge is 0.258 e. The first-order chi connectivity index (χ1) is 16.0. The minimum absolute atomic E-state index is 0.0123. The van der Waals surface area contributed by atoms with Crippen LogP contribution in [0.15, 0.2) is 40.5 Å². The Kier molecular flexibility index (Phi) is 6.61. The van der Waals surface area contributed by atoms with Gasteiger partial charge in [-0.05, 0) is 37.5 Å². The number of aromatic nitrogens is 1. The van der Waals surface area contributed by atoms with Crippen molar-refractivity contribution in [2.45, 2.75) is 51.2 Å². The van der Waals surface area contributed by atoms with Crippen molar-refractivity contribution in [3.63, 3.8) is 0 Å². The zero-order chi connectivity index (χ0) is 23.5. The molecule has 0 radical (unpaired) electrons. The van der Waals surface area contributed by atoms with Crippen LogP contribution in [0.1, 0.15) is 48.9 Å². The number of fused-ring (bicyclic) bond motifs is 1. The maximum atomic E-state index is 14.0. The van der Waals surface area contributed by atoms with Crippen molar-refractivity contribution in [1.82, 2.24) is 4.57 Å². The third-order valence-electron chi connectivity index (χ3n) is 6.23. The van der Waals surface area contributed by atoms with E-state index in [9.17, 15) is 10.1 Å². The summed E-state index contributed by atoms with van der Waals surface area (Å²) in [5.74, 6) is 0.716. The first kappa shape index (κ1) is 22.7. The molecule has 174 valence electrons. The number of hydrogen-bond acceptors (Lipinski definition) is 7. The molecule has 2 aromatic rings. The number of hydrogen-bond donors (Lipinski definition) is 1. The summed E-state index contributed by atoms with van der Waals surface area (Å²) in [5, 5.41) is 9.97. The molecule has 33 heavy (non-hydrogen) atoms. The van der Waals surface area contributed by atoms with Crippen LogP contribution < -0.4 is 25.5 Å². The lowest BCUT2D eigenvalue weighted by Gasteiger charge is -2.29. The molecule has 1 saturated heterocycles. The lowest BCUT2D eigenvalue weighted by Crippen LogP contribution is -2.35. The van der Waals surface area contributed by atoms with Crippen LogP contribution in [-0.4, -0.2) is 31.5 Å². The highest BCUT2D eigenvalue weighted by Gasteiger charge is 2.37. The van der Waals surface area contributed by atoms with Crippen LogP contribution in [0, 0.1) is 11.3 Å².